The van der Waals surface area contributed by atoms with Crippen molar-refractivity contribution in [1.29, 1.82) is 0 Å². The fraction of sp³-hybridized carbons (Fsp3) is 0.367. The molecule has 2 aliphatic heterocycles. The summed E-state index contributed by atoms with van der Waals surface area (Å²) in [6.45, 7) is 9.23. The Kier molecular flexibility index (Phi) is 7.41. The number of carbonyl (C=O) groups excluding carboxylic acids is 2. The largest absolute Gasteiger partial charge is 0.497 e. The molecule has 5 rings (SSSR count). The number of aromatic nitrogens is 1. The monoisotopic (exact) mass is 531 g/mol. The van der Waals surface area contributed by atoms with Crippen molar-refractivity contribution in [3.8, 4) is 5.75 Å². The van der Waals surface area contributed by atoms with Gasteiger partial charge < -0.3 is 19.4 Å². The zero-order valence-electron chi connectivity index (χ0n) is 22.9. The summed E-state index contributed by atoms with van der Waals surface area (Å²) in [5, 5.41) is 0. The van der Waals surface area contributed by atoms with Crippen LogP contribution in [0.3, 0.4) is 0 Å². The molecule has 204 valence electrons. The smallest absolute Gasteiger partial charge is 0.325 e. The second-order valence-corrected chi connectivity index (χ2v) is 10.3. The van der Waals surface area contributed by atoms with Crippen LogP contribution in [0.4, 0.5) is 20.7 Å². The number of amides is 3. The molecule has 2 aromatic carbocycles. The van der Waals surface area contributed by atoms with E-state index in [0.717, 1.165) is 28.3 Å². The SMILES string of the molecule is COc1ccc(CN2CC(C)N(c3ccc(C(=O)N4CCN(c5ncc(C)cc5C)CC4)cc3F)C2=O)cc1. The summed E-state index contributed by atoms with van der Waals surface area (Å²) >= 11 is 0. The molecule has 0 aliphatic carbocycles. The van der Waals surface area contributed by atoms with E-state index in [1.165, 1.54) is 11.0 Å². The zero-order valence-corrected chi connectivity index (χ0v) is 22.9. The van der Waals surface area contributed by atoms with Crippen molar-refractivity contribution in [1.82, 2.24) is 14.8 Å². The highest BCUT2D eigenvalue weighted by atomic mass is 19.1. The number of carbonyl (C=O) groups is 2. The van der Waals surface area contributed by atoms with E-state index in [9.17, 15) is 9.59 Å². The van der Waals surface area contributed by atoms with E-state index in [4.69, 9.17) is 4.74 Å². The molecule has 1 unspecified atom stereocenters. The summed E-state index contributed by atoms with van der Waals surface area (Å²) < 4.78 is 20.6. The highest BCUT2D eigenvalue weighted by molar-refractivity contribution is 5.97. The molecule has 39 heavy (non-hydrogen) atoms. The van der Waals surface area contributed by atoms with Crippen molar-refractivity contribution < 1.29 is 18.7 Å². The second-order valence-electron chi connectivity index (χ2n) is 10.3. The number of ether oxygens (including phenoxy) is 1. The van der Waals surface area contributed by atoms with Crippen LogP contribution in [0.1, 0.15) is 34.0 Å². The van der Waals surface area contributed by atoms with E-state index in [1.807, 2.05) is 51.2 Å². The van der Waals surface area contributed by atoms with Crippen LogP contribution in [0.5, 0.6) is 5.75 Å². The number of benzene rings is 2. The first-order chi connectivity index (χ1) is 18.7. The molecule has 1 atom stereocenters. The summed E-state index contributed by atoms with van der Waals surface area (Å²) in [6.07, 6.45) is 1.86. The summed E-state index contributed by atoms with van der Waals surface area (Å²) in [7, 11) is 1.61. The molecule has 3 amide bonds. The van der Waals surface area contributed by atoms with Gasteiger partial charge in [0, 0.05) is 51.0 Å². The maximum absolute atomic E-state index is 15.4. The van der Waals surface area contributed by atoms with Gasteiger partial charge in [0.15, 0.2) is 0 Å². The first kappa shape index (κ1) is 26.5. The molecule has 2 fully saturated rings. The lowest BCUT2D eigenvalue weighted by Crippen LogP contribution is -2.49. The van der Waals surface area contributed by atoms with Crippen LogP contribution in [-0.4, -0.2) is 72.6 Å². The Morgan fingerprint density at radius 1 is 1.05 bits per heavy atom. The van der Waals surface area contributed by atoms with Crippen molar-refractivity contribution in [2.24, 2.45) is 0 Å². The number of urea groups is 1. The molecule has 2 aliphatic rings. The highest BCUT2D eigenvalue weighted by Gasteiger charge is 2.37. The molecule has 0 saturated carbocycles. The predicted molar refractivity (Wildman–Crippen MR) is 149 cm³/mol. The van der Waals surface area contributed by atoms with Gasteiger partial charge in [-0.15, -0.1) is 0 Å². The van der Waals surface area contributed by atoms with E-state index < -0.39 is 5.82 Å². The van der Waals surface area contributed by atoms with E-state index in [0.29, 0.717) is 39.3 Å². The van der Waals surface area contributed by atoms with Gasteiger partial charge in [0.1, 0.15) is 17.4 Å². The number of anilines is 2. The van der Waals surface area contributed by atoms with E-state index >= 15 is 4.39 Å². The lowest BCUT2D eigenvalue weighted by molar-refractivity contribution is 0.0746. The third kappa shape index (κ3) is 5.39. The maximum atomic E-state index is 15.4. The molecule has 1 aromatic heterocycles. The number of piperazine rings is 1. The quantitative estimate of drug-likeness (QED) is 0.464. The van der Waals surface area contributed by atoms with E-state index in [-0.39, 0.29) is 29.2 Å². The minimum absolute atomic E-state index is 0.187. The average Bonchev–Trinajstić information content (AvgIpc) is 3.21. The van der Waals surface area contributed by atoms with Gasteiger partial charge >= 0.3 is 6.03 Å². The van der Waals surface area contributed by atoms with Gasteiger partial charge in [-0.2, -0.15) is 0 Å². The standard InChI is InChI=1S/C30H34FN5O3/c1-20-15-21(2)28(32-17-20)33-11-13-34(14-12-33)29(37)24-7-10-27(26(31)16-24)36-22(3)18-35(30(36)38)19-23-5-8-25(39-4)9-6-23/h5-10,15-17,22H,11-14,18-19H2,1-4H3. The van der Waals surface area contributed by atoms with Crippen LogP contribution in [0.25, 0.3) is 0 Å². The summed E-state index contributed by atoms with van der Waals surface area (Å²) in [5.74, 6) is 0.896. The first-order valence-corrected chi connectivity index (χ1v) is 13.2. The number of pyridine rings is 1. The fourth-order valence-corrected chi connectivity index (χ4v) is 5.42. The number of halogens is 1. The lowest BCUT2D eigenvalue weighted by Gasteiger charge is -2.36. The summed E-state index contributed by atoms with van der Waals surface area (Å²) in [5.41, 5.74) is 3.66. The van der Waals surface area contributed by atoms with Gasteiger partial charge in [-0.05, 0) is 67.8 Å². The van der Waals surface area contributed by atoms with Crippen LogP contribution < -0.4 is 14.5 Å². The Bertz CT molecular complexity index is 1370. The molecular weight excluding hydrogens is 497 g/mol. The van der Waals surface area contributed by atoms with Gasteiger partial charge in [0.05, 0.1) is 18.8 Å². The molecule has 0 N–H and O–H groups in total. The van der Waals surface area contributed by atoms with Crippen molar-refractivity contribution in [3.63, 3.8) is 0 Å². The van der Waals surface area contributed by atoms with Crippen LogP contribution >= 0.6 is 0 Å². The van der Waals surface area contributed by atoms with Crippen LogP contribution in [-0.2, 0) is 6.54 Å². The number of nitrogens with zero attached hydrogens (tertiary/aromatic N) is 5. The molecular formula is C30H34FN5O3. The molecule has 0 spiro atoms. The fourth-order valence-electron chi connectivity index (χ4n) is 5.42. The molecule has 0 bridgehead atoms. The summed E-state index contributed by atoms with van der Waals surface area (Å²) in [4.78, 5) is 38.1. The third-order valence-electron chi connectivity index (χ3n) is 7.44. The van der Waals surface area contributed by atoms with Crippen LogP contribution in [0.2, 0.25) is 0 Å². The average molecular weight is 532 g/mol. The zero-order chi connectivity index (χ0) is 27.7. The van der Waals surface area contributed by atoms with Crippen molar-refractivity contribution >= 4 is 23.4 Å². The Balaban J connectivity index is 1.24. The van der Waals surface area contributed by atoms with Gasteiger partial charge in [0.25, 0.3) is 5.91 Å². The van der Waals surface area contributed by atoms with Crippen LogP contribution in [0, 0.1) is 19.7 Å². The Hall–Kier alpha value is -4.14. The van der Waals surface area contributed by atoms with Crippen molar-refractivity contribution in [2.75, 3.05) is 49.6 Å². The first-order valence-electron chi connectivity index (χ1n) is 13.2. The molecule has 8 nitrogen and oxygen atoms in total. The minimum atomic E-state index is -0.578. The number of aryl methyl sites for hydroxylation is 2. The highest BCUT2D eigenvalue weighted by Crippen LogP contribution is 2.30. The molecule has 2 saturated heterocycles. The number of hydrogen-bond acceptors (Lipinski definition) is 5. The molecule has 9 heteroatoms. The van der Waals surface area contributed by atoms with Crippen molar-refractivity contribution in [2.45, 2.75) is 33.4 Å². The summed E-state index contributed by atoms with van der Waals surface area (Å²) in [6, 6.07) is 13.6. The van der Waals surface area contributed by atoms with Crippen molar-refractivity contribution in [3.05, 3.63) is 82.8 Å². The molecule has 0 radical (unpaired) electrons. The topological polar surface area (TPSA) is 69.2 Å². The van der Waals surface area contributed by atoms with Gasteiger partial charge in [-0.3, -0.25) is 9.69 Å². The van der Waals surface area contributed by atoms with Crippen LogP contribution in [0.15, 0.2) is 54.7 Å². The second kappa shape index (κ2) is 10.9. The molecule has 3 aromatic rings. The Labute approximate surface area is 228 Å². The number of hydrogen-bond donors (Lipinski definition) is 0. The van der Waals surface area contributed by atoms with E-state index in [2.05, 4.69) is 16.0 Å². The van der Waals surface area contributed by atoms with Gasteiger partial charge in [-0.1, -0.05) is 18.2 Å². The number of methoxy groups -OCH3 is 1. The molecule has 3 heterocycles. The maximum Gasteiger partial charge on any atom is 0.325 e. The third-order valence-corrected chi connectivity index (χ3v) is 7.44. The van der Waals surface area contributed by atoms with Gasteiger partial charge in [-0.25, -0.2) is 14.2 Å². The van der Waals surface area contributed by atoms with E-state index in [1.54, 1.807) is 29.0 Å². The normalized spacial score (nSPS) is 17.7. The Morgan fingerprint density at radius 2 is 1.77 bits per heavy atom. The Morgan fingerprint density at radius 3 is 2.41 bits per heavy atom. The van der Waals surface area contributed by atoms with Gasteiger partial charge in [0.2, 0.25) is 0 Å². The lowest BCUT2D eigenvalue weighted by atomic mass is 10.1. The minimum Gasteiger partial charge on any atom is -0.497 e. The predicted octanol–water partition coefficient (Wildman–Crippen LogP) is 4.64. The number of rotatable bonds is 6.